The van der Waals surface area contributed by atoms with Gasteiger partial charge in [-0.2, -0.15) is 0 Å². The molecule has 0 spiro atoms. The predicted octanol–water partition coefficient (Wildman–Crippen LogP) is -2.60. The monoisotopic (exact) mass is 208 g/mol. The molecule has 0 radical (unpaired) electrons. The summed E-state index contributed by atoms with van der Waals surface area (Å²) in [4.78, 5) is 11.0. The highest BCUT2D eigenvalue weighted by Gasteiger charge is 2.47. The summed E-state index contributed by atoms with van der Waals surface area (Å²) in [6, 6.07) is 0. The van der Waals surface area contributed by atoms with Crippen LogP contribution in [-0.2, 0) is 4.79 Å². The molecule has 0 aliphatic rings. The minimum absolute atomic E-state index is 0.816. The van der Waals surface area contributed by atoms with Crippen molar-refractivity contribution in [2.75, 3.05) is 13.2 Å². The highest BCUT2D eigenvalue weighted by Crippen LogP contribution is 2.21. The molecule has 3 atom stereocenters. The summed E-state index contributed by atoms with van der Waals surface area (Å²) >= 11 is 0. The first-order valence-corrected chi connectivity index (χ1v) is 4.08. The fourth-order valence-electron chi connectivity index (χ4n) is 1.00. The lowest BCUT2D eigenvalue weighted by Crippen LogP contribution is -2.59. The van der Waals surface area contributed by atoms with Gasteiger partial charge in [0, 0.05) is 0 Å². The van der Waals surface area contributed by atoms with E-state index >= 15 is 0 Å². The van der Waals surface area contributed by atoms with E-state index in [9.17, 15) is 20.1 Å². The fourth-order valence-corrected chi connectivity index (χ4v) is 1.00. The molecule has 14 heavy (non-hydrogen) atoms. The molecule has 0 fully saturated rings. The molecule has 0 aliphatic carbocycles. The first-order chi connectivity index (χ1) is 6.20. The zero-order valence-electron chi connectivity index (χ0n) is 8.14. The molecular formula is C8H16O6. The predicted molar refractivity (Wildman–Crippen MR) is 46.4 cm³/mol. The minimum atomic E-state index is -2.29. The Morgan fingerprint density at radius 2 is 1.71 bits per heavy atom. The summed E-state index contributed by atoms with van der Waals surface area (Å²) in [5.74, 6) is -1.03. The van der Waals surface area contributed by atoms with Crippen molar-refractivity contribution in [1.82, 2.24) is 0 Å². The van der Waals surface area contributed by atoms with Crippen LogP contribution in [0.4, 0.5) is 0 Å². The lowest BCUT2D eigenvalue weighted by molar-refractivity contribution is -0.184. The number of hydrogen-bond donors (Lipinski definition) is 5. The summed E-state index contributed by atoms with van der Waals surface area (Å²) in [6.45, 7) is 0.256. The van der Waals surface area contributed by atoms with Gasteiger partial charge in [0.25, 0.3) is 0 Å². The molecule has 0 aromatic rings. The second-order valence-electron chi connectivity index (χ2n) is 3.65. The molecule has 0 aromatic heterocycles. The molecule has 0 amide bonds. The topological polar surface area (TPSA) is 118 Å². The molecule has 0 rings (SSSR count). The van der Waals surface area contributed by atoms with Gasteiger partial charge in [-0.3, -0.25) is 4.79 Å². The third kappa shape index (κ3) is 2.49. The van der Waals surface area contributed by atoms with Crippen LogP contribution >= 0.6 is 0 Å². The molecule has 0 saturated carbocycles. The fraction of sp³-hybridized carbons (Fsp3) is 0.875. The average Bonchev–Trinajstić information content (AvgIpc) is 2.15. The molecule has 0 bridgehead atoms. The van der Waals surface area contributed by atoms with Crippen molar-refractivity contribution in [3.63, 3.8) is 0 Å². The molecule has 0 unspecified atom stereocenters. The van der Waals surface area contributed by atoms with E-state index in [2.05, 4.69) is 0 Å². The van der Waals surface area contributed by atoms with Crippen LogP contribution in [0, 0.1) is 0 Å². The number of carbonyl (C=O) groups is 1. The van der Waals surface area contributed by atoms with E-state index < -0.39 is 36.3 Å². The second kappa shape index (κ2) is 4.33. The molecule has 0 aliphatic heterocycles. The van der Waals surface area contributed by atoms with Crippen molar-refractivity contribution in [3.8, 4) is 0 Å². The van der Waals surface area contributed by atoms with E-state index in [1.165, 1.54) is 0 Å². The lowest BCUT2D eigenvalue weighted by Gasteiger charge is -2.36. The zero-order valence-corrected chi connectivity index (χ0v) is 8.14. The average molecular weight is 208 g/mol. The maximum atomic E-state index is 11.0. The maximum absolute atomic E-state index is 11.0. The highest BCUT2D eigenvalue weighted by atomic mass is 16.4. The van der Waals surface area contributed by atoms with Gasteiger partial charge in [-0.1, -0.05) is 0 Å². The van der Waals surface area contributed by atoms with Crippen molar-refractivity contribution in [1.29, 1.82) is 0 Å². The van der Waals surface area contributed by atoms with Crippen molar-refractivity contribution < 1.29 is 30.3 Å². The first kappa shape index (κ1) is 13.5. The summed E-state index contributed by atoms with van der Waals surface area (Å²) in [5.41, 5.74) is -4.30. The van der Waals surface area contributed by atoms with Crippen LogP contribution in [0.25, 0.3) is 0 Å². The van der Waals surface area contributed by atoms with Gasteiger partial charge in [0.1, 0.15) is 18.3 Å². The van der Waals surface area contributed by atoms with Crippen LogP contribution in [-0.4, -0.2) is 61.8 Å². The largest absolute Gasteiger partial charge is 0.393 e. The van der Waals surface area contributed by atoms with Crippen LogP contribution in [0.3, 0.4) is 0 Å². The van der Waals surface area contributed by atoms with Crippen molar-refractivity contribution >= 4 is 5.78 Å². The van der Waals surface area contributed by atoms with E-state index in [1.807, 2.05) is 0 Å². The van der Waals surface area contributed by atoms with Crippen LogP contribution in [0.5, 0.6) is 0 Å². The molecule has 84 valence electrons. The quantitative estimate of drug-likeness (QED) is 0.338. The Balaban J connectivity index is 4.83. The molecule has 5 N–H and O–H groups in total. The SMILES string of the molecule is C[C@@](O)(CO)[C@@H](O)[C@](C)(O)C(=O)CO. The summed E-state index contributed by atoms with van der Waals surface area (Å²) in [5, 5.41) is 45.5. The summed E-state index contributed by atoms with van der Waals surface area (Å²) < 4.78 is 0. The number of rotatable bonds is 5. The molecular weight excluding hydrogens is 192 g/mol. The van der Waals surface area contributed by atoms with Crippen LogP contribution in [0.1, 0.15) is 13.8 Å². The van der Waals surface area contributed by atoms with Gasteiger partial charge < -0.3 is 25.5 Å². The highest BCUT2D eigenvalue weighted by molar-refractivity contribution is 5.88. The summed E-state index contributed by atoms with van der Waals surface area (Å²) in [7, 11) is 0. The number of hydrogen-bond acceptors (Lipinski definition) is 6. The van der Waals surface area contributed by atoms with Gasteiger partial charge >= 0.3 is 0 Å². The van der Waals surface area contributed by atoms with E-state index in [0.717, 1.165) is 13.8 Å². The van der Waals surface area contributed by atoms with Crippen molar-refractivity contribution in [2.45, 2.75) is 31.2 Å². The van der Waals surface area contributed by atoms with Crippen LogP contribution in [0.2, 0.25) is 0 Å². The van der Waals surface area contributed by atoms with Gasteiger partial charge in [-0.05, 0) is 13.8 Å². The third-order valence-electron chi connectivity index (χ3n) is 2.15. The Bertz CT molecular complexity index is 210. The van der Waals surface area contributed by atoms with Crippen LogP contribution < -0.4 is 0 Å². The number of ketones is 1. The van der Waals surface area contributed by atoms with Gasteiger partial charge in [-0.15, -0.1) is 0 Å². The van der Waals surface area contributed by atoms with Gasteiger partial charge in [0.2, 0.25) is 0 Å². The van der Waals surface area contributed by atoms with E-state index in [-0.39, 0.29) is 0 Å². The van der Waals surface area contributed by atoms with Gasteiger partial charge in [0.05, 0.1) is 6.61 Å². The number of Topliss-reactive ketones (excluding diaryl/α,β-unsaturated/α-hetero) is 1. The van der Waals surface area contributed by atoms with Gasteiger partial charge in [0.15, 0.2) is 11.4 Å². The van der Waals surface area contributed by atoms with E-state index in [1.54, 1.807) is 0 Å². The molecule has 0 heterocycles. The smallest absolute Gasteiger partial charge is 0.192 e. The second-order valence-corrected chi connectivity index (χ2v) is 3.65. The molecule has 0 aromatic carbocycles. The number of aliphatic hydroxyl groups excluding tert-OH is 3. The van der Waals surface area contributed by atoms with Crippen LogP contribution in [0.15, 0.2) is 0 Å². The summed E-state index contributed by atoms with van der Waals surface area (Å²) in [6.07, 6.45) is -1.88. The maximum Gasteiger partial charge on any atom is 0.192 e. The normalized spacial score (nSPS) is 22.2. The Morgan fingerprint density at radius 1 is 1.29 bits per heavy atom. The van der Waals surface area contributed by atoms with Crippen molar-refractivity contribution in [3.05, 3.63) is 0 Å². The van der Waals surface area contributed by atoms with E-state index in [0.29, 0.717) is 0 Å². The first-order valence-electron chi connectivity index (χ1n) is 4.08. The number of carbonyl (C=O) groups excluding carboxylic acids is 1. The Labute approximate surface area is 81.4 Å². The lowest BCUT2D eigenvalue weighted by atomic mass is 9.83. The Hall–Kier alpha value is -0.530. The Kier molecular flexibility index (Phi) is 4.16. The minimum Gasteiger partial charge on any atom is -0.393 e. The zero-order chi connectivity index (χ0) is 11.6. The standard InChI is InChI=1S/C8H16O6/c1-7(13,4-10)6(12)8(2,14)5(11)3-9/h6,9-10,12-14H,3-4H2,1-2H3/t6-,7-,8-/m1/s1. The van der Waals surface area contributed by atoms with Crippen molar-refractivity contribution in [2.24, 2.45) is 0 Å². The molecule has 0 saturated heterocycles. The molecule has 6 heteroatoms. The Morgan fingerprint density at radius 3 is 2.00 bits per heavy atom. The number of aliphatic hydroxyl groups is 5. The molecule has 6 nitrogen and oxygen atoms in total. The van der Waals surface area contributed by atoms with Gasteiger partial charge in [-0.25, -0.2) is 0 Å². The third-order valence-corrected chi connectivity index (χ3v) is 2.15. The van der Waals surface area contributed by atoms with E-state index in [4.69, 9.17) is 10.2 Å².